The van der Waals surface area contributed by atoms with Gasteiger partial charge in [0.2, 0.25) is 0 Å². The maximum atomic E-state index is 10.9. The molecule has 0 aromatic heterocycles. The van der Waals surface area contributed by atoms with Crippen LogP contribution in [0.1, 0.15) is 18.1 Å². The van der Waals surface area contributed by atoms with E-state index in [0.29, 0.717) is 11.3 Å². The summed E-state index contributed by atoms with van der Waals surface area (Å²) in [4.78, 5) is 10.9. The Morgan fingerprint density at radius 1 is 1.05 bits per heavy atom. The molecule has 1 atom stereocenters. The van der Waals surface area contributed by atoms with Gasteiger partial charge in [-0.1, -0.05) is 30.3 Å². The Bertz CT molecular complexity index is 534. The van der Waals surface area contributed by atoms with Gasteiger partial charge in [-0.3, -0.25) is 4.79 Å². The average Bonchev–Trinajstić information content (AvgIpc) is 2.39. The van der Waals surface area contributed by atoms with Gasteiger partial charge in [0.05, 0.1) is 6.42 Å². The minimum absolute atomic E-state index is 0.137. The molecule has 0 heterocycles. The zero-order valence-corrected chi connectivity index (χ0v) is 10.2. The van der Waals surface area contributed by atoms with Gasteiger partial charge < -0.3 is 14.9 Å². The fourth-order valence-electron chi connectivity index (χ4n) is 1.74. The highest BCUT2D eigenvalue weighted by Gasteiger charge is 2.17. The smallest absolute Gasteiger partial charge is 0.307 e. The number of carboxylic acid groups (broad SMARTS) is 1. The van der Waals surface area contributed by atoms with Crippen molar-refractivity contribution >= 4 is 5.97 Å². The lowest BCUT2D eigenvalue weighted by Gasteiger charge is -2.18. The molecule has 19 heavy (non-hydrogen) atoms. The zero-order valence-electron chi connectivity index (χ0n) is 10.2. The van der Waals surface area contributed by atoms with E-state index in [-0.39, 0.29) is 12.2 Å². The van der Waals surface area contributed by atoms with E-state index < -0.39 is 12.1 Å². The Morgan fingerprint density at radius 2 is 1.68 bits per heavy atom. The number of aromatic hydroxyl groups is 1. The van der Waals surface area contributed by atoms with Gasteiger partial charge in [0.1, 0.15) is 17.6 Å². The fraction of sp³-hybridized carbons (Fsp3) is 0.133. The van der Waals surface area contributed by atoms with E-state index in [9.17, 15) is 9.90 Å². The van der Waals surface area contributed by atoms with Gasteiger partial charge in [0.25, 0.3) is 0 Å². The summed E-state index contributed by atoms with van der Waals surface area (Å²) in [5, 5.41) is 18.2. The van der Waals surface area contributed by atoms with Crippen LogP contribution in [-0.4, -0.2) is 16.2 Å². The minimum atomic E-state index is -0.936. The molecule has 98 valence electrons. The van der Waals surface area contributed by atoms with Crippen molar-refractivity contribution in [1.82, 2.24) is 0 Å². The van der Waals surface area contributed by atoms with E-state index in [2.05, 4.69) is 0 Å². The first-order valence-corrected chi connectivity index (χ1v) is 5.87. The lowest BCUT2D eigenvalue weighted by Crippen LogP contribution is -2.12. The first-order chi connectivity index (χ1) is 9.15. The lowest BCUT2D eigenvalue weighted by atomic mass is 10.1. The molecule has 0 radical (unpaired) electrons. The Labute approximate surface area is 110 Å². The highest BCUT2D eigenvalue weighted by molar-refractivity contribution is 5.67. The van der Waals surface area contributed by atoms with Crippen LogP contribution in [0, 0.1) is 0 Å². The average molecular weight is 258 g/mol. The standard InChI is InChI=1S/C15H14O4/c16-12-8-6-11(7-9-12)14(10-15(17)18)19-13-4-2-1-3-5-13/h1-9,14,16H,10H2,(H,17,18). The summed E-state index contributed by atoms with van der Waals surface area (Å²) in [6.45, 7) is 0. The van der Waals surface area contributed by atoms with Crippen LogP contribution in [-0.2, 0) is 4.79 Å². The van der Waals surface area contributed by atoms with Crippen molar-refractivity contribution in [3.05, 3.63) is 60.2 Å². The number of para-hydroxylation sites is 1. The Balaban J connectivity index is 2.20. The van der Waals surface area contributed by atoms with Crippen molar-refractivity contribution in [1.29, 1.82) is 0 Å². The molecular weight excluding hydrogens is 244 g/mol. The minimum Gasteiger partial charge on any atom is -0.508 e. The van der Waals surface area contributed by atoms with E-state index in [4.69, 9.17) is 9.84 Å². The van der Waals surface area contributed by atoms with E-state index in [0.717, 1.165) is 0 Å². The maximum absolute atomic E-state index is 10.9. The van der Waals surface area contributed by atoms with Crippen LogP contribution in [0.15, 0.2) is 54.6 Å². The van der Waals surface area contributed by atoms with Crippen LogP contribution in [0.2, 0.25) is 0 Å². The number of carbonyl (C=O) groups is 1. The van der Waals surface area contributed by atoms with E-state index in [1.54, 1.807) is 24.3 Å². The molecule has 0 saturated heterocycles. The van der Waals surface area contributed by atoms with Crippen LogP contribution in [0.3, 0.4) is 0 Å². The first kappa shape index (κ1) is 13.0. The van der Waals surface area contributed by atoms with E-state index in [1.807, 2.05) is 18.2 Å². The molecular formula is C15H14O4. The summed E-state index contributed by atoms with van der Waals surface area (Å²) in [5.74, 6) is -0.187. The quantitative estimate of drug-likeness (QED) is 0.865. The SMILES string of the molecule is O=C(O)CC(Oc1ccccc1)c1ccc(O)cc1. The van der Waals surface area contributed by atoms with Gasteiger partial charge >= 0.3 is 5.97 Å². The first-order valence-electron chi connectivity index (χ1n) is 5.87. The van der Waals surface area contributed by atoms with E-state index in [1.165, 1.54) is 12.1 Å². The number of benzene rings is 2. The second-order valence-corrected chi connectivity index (χ2v) is 4.11. The molecule has 2 rings (SSSR count). The number of hydrogen-bond acceptors (Lipinski definition) is 3. The molecule has 2 aromatic rings. The molecule has 0 fully saturated rings. The maximum Gasteiger partial charge on any atom is 0.307 e. The number of hydrogen-bond donors (Lipinski definition) is 2. The predicted molar refractivity (Wildman–Crippen MR) is 70.2 cm³/mol. The summed E-state index contributed by atoms with van der Waals surface area (Å²) in [6.07, 6.45) is -0.722. The molecule has 0 spiro atoms. The van der Waals surface area contributed by atoms with Crippen LogP contribution in [0.4, 0.5) is 0 Å². The van der Waals surface area contributed by atoms with Crippen molar-refractivity contribution < 1.29 is 19.7 Å². The highest BCUT2D eigenvalue weighted by Crippen LogP contribution is 2.26. The molecule has 1 unspecified atom stereocenters. The molecule has 4 nitrogen and oxygen atoms in total. The third-order valence-electron chi connectivity index (χ3n) is 2.65. The molecule has 2 aromatic carbocycles. The summed E-state index contributed by atoms with van der Waals surface area (Å²) in [7, 11) is 0. The van der Waals surface area contributed by atoms with Gasteiger partial charge in [-0.15, -0.1) is 0 Å². The summed E-state index contributed by atoms with van der Waals surface area (Å²) < 4.78 is 5.69. The van der Waals surface area contributed by atoms with Crippen LogP contribution >= 0.6 is 0 Å². The van der Waals surface area contributed by atoms with Gasteiger partial charge in [-0.05, 0) is 29.8 Å². The molecule has 2 N–H and O–H groups in total. The van der Waals surface area contributed by atoms with Crippen molar-refractivity contribution in [3.8, 4) is 11.5 Å². The second kappa shape index (κ2) is 5.91. The predicted octanol–water partition coefficient (Wildman–Crippen LogP) is 2.99. The van der Waals surface area contributed by atoms with Gasteiger partial charge in [-0.2, -0.15) is 0 Å². The monoisotopic (exact) mass is 258 g/mol. The van der Waals surface area contributed by atoms with Gasteiger partial charge in [-0.25, -0.2) is 0 Å². The molecule has 4 heteroatoms. The molecule has 0 aliphatic heterocycles. The normalized spacial score (nSPS) is 11.8. The number of rotatable bonds is 5. The molecule has 0 bridgehead atoms. The van der Waals surface area contributed by atoms with E-state index >= 15 is 0 Å². The van der Waals surface area contributed by atoms with Crippen molar-refractivity contribution in [2.24, 2.45) is 0 Å². The largest absolute Gasteiger partial charge is 0.508 e. The van der Waals surface area contributed by atoms with Crippen molar-refractivity contribution in [2.75, 3.05) is 0 Å². The number of aliphatic carboxylic acids is 1. The summed E-state index contributed by atoms with van der Waals surface area (Å²) in [5.41, 5.74) is 0.712. The van der Waals surface area contributed by atoms with Crippen molar-refractivity contribution in [2.45, 2.75) is 12.5 Å². The molecule has 0 amide bonds. The third kappa shape index (κ3) is 3.74. The summed E-state index contributed by atoms with van der Waals surface area (Å²) in [6, 6.07) is 15.4. The fourth-order valence-corrected chi connectivity index (χ4v) is 1.74. The zero-order chi connectivity index (χ0) is 13.7. The van der Waals surface area contributed by atoms with Crippen LogP contribution < -0.4 is 4.74 Å². The second-order valence-electron chi connectivity index (χ2n) is 4.11. The third-order valence-corrected chi connectivity index (χ3v) is 2.65. The number of ether oxygens (including phenoxy) is 1. The highest BCUT2D eigenvalue weighted by atomic mass is 16.5. The summed E-state index contributed by atoms with van der Waals surface area (Å²) >= 11 is 0. The Kier molecular flexibility index (Phi) is 4.03. The molecule has 0 saturated carbocycles. The van der Waals surface area contributed by atoms with Crippen molar-refractivity contribution in [3.63, 3.8) is 0 Å². The van der Waals surface area contributed by atoms with Crippen LogP contribution in [0.5, 0.6) is 11.5 Å². The topological polar surface area (TPSA) is 66.8 Å². The van der Waals surface area contributed by atoms with Gasteiger partial charge in [0, 0.05) is 0 Å². The number of phenolic OH excluding ortho intramolecular Hbond substituents is 1. The number of phenols is 1. The molecule has 0 aliphatic carbocycles. The lowest BCUT2D eigenvalue weighted by molar-refractivity contribution is -0.138. The molecule has 0 aliphatic rings. The Morgan fingerprint density at radius 3 is 2.26 bits per heavy atom. The van der Waals surface area contributed by atoms with Crippen LogP contribution in [0.25, 0.3) is 0 Å². The van der Waals surface area contributed by atoms with Gasteiger partial charge in [0.15, 0.2) is 0 Å². The number of carboxylic acids is 1. The Hall–Kier alpha value is -2.49.